The van der Waals surface area contributed by atoms with Gasteiger partial charge in [0, 0.05) is 18.2 Å². The maximum Gasteiger partial charge on any atom is 0.261 e. The monoisotopic (exact) mass is 502 g/mol. The first-order valence-electron chi connectivity index (χ1n) is 12.7. The fraction of sp³-hybridized carbons (Fsp3) is 0.355. The van der Waals surface area contributed by atoms with Gasteiger partial charge in [-0.2, -0.15) is 0 Å². The van der Waals surface area contributed by atoms with Gasteiger partial charge in [-0.15, -0.1) is 0 Å². The number of sulfonamides is 1. The Labute approximate surface area is 217 Å². The van der Waals surface area contributed by atoms with Crippen LogP contribution in [0.1, 0.15) is 66.0 Å². The molecule has 1 N–H and O–H groups in total. The van der Waals surface area contributed by atoms with E-state index in [0.717, 1.165) is 24.2 Å². The molecule has 1 aliphatic rings. The summed E-state index contributed by atoms with van der Waals surface area (Å²) in [5.74, 6) is 0.324. The number of allylic oxidation sites excluding steroid dienone is 2. The van der Waals surface area contributed by atoms with Crippen LogP contribution in [0.5, 0.6) is 0 Å². The van der Waals surface area contributed by atoms with Crippen molar-refractivity contribution in [1.29, 1.82) is 0 Å². The van der Waals surface area contributed by atoms with Crippen LogP contribution < -0.4 is 4.72 Å². The maximum atomic E-state index is 13.3. The lowest BCUT2D eigenvalue weighted by Gasteiger charge is -2.29. The zero-order chi connectivity index (χ0) is 26.2. The lowest BCUT2D eigenvalue weighted by atomic mass is 9.79. The second-order valence-electron chi connectivity index (χ2n) is 10.7. The summed E-state index contributed by atoms with van der Waals surface area (Å²) in [6, 6.07) is 18.3. The summed E-state index contributed by atoms with van der Waals surface area (Å²) in [6.07, 6.45) is 2.77. The molecule has 4 rings (SSSR count). The van der Waals surface area contributed by atoms with Crippen LogP contribution in [-0.4, -0.2) is 27.4 Å². The van der Waals surface area contributed by atoms with Crippen molar-refractivity contribution < 1.29 is 8.42 Å². The van der Waals surface area contributed by atoms with Crippen LogP contribution >= 0.6 is 0 Å². The molecule has 1 atom stereocenters. The molecule has 0 amide bonds. The molecule has 0 bridgehead atoms. The van der Waals surface area contributed by atoms with Crippen molar-refractivity contribution >= 4 is 10.0 Å². The molecule has 5 heteroatoms. The molecule has 0 heterocycles. The molecule has 0 spiro atoms. The Morgan fingerprint density at radius 3 is 2.25 bits per heavy atom. The summed E-state index contributed by atoms with van der Waals surface area (Å²) >= 11 is 0. The van der Waals surface area contributed by atoms with Gasteiger partial charge in [-0.1, -0.05) is 69.3 Å². The highest BCUT2D eigenvalue weighted by atomic mass is 32.2. The molecule has 1 aliphatic carbocycles. The molecule has 1 unspecified atom stereocenters. The molecular weight excluding hydrogens is 464 g/mol. The molecule has 0 radical (unpaired) electrons. The Hall–Kier alpha value is -2.89. The summed E-state index contributed by atoms with van der Waals surface area (Å²) < 4.78 is 29.4. The molecule has 3 aromatic rings. The van der Waals surface area contributed by atoms with E-state index in [-0.39, 0.29) is 10.8 Å². The predicted octanol–water partition coefficient (Wildman–Crippen LogP) is 6.68. The van der Waals surface area contributed by atoms with Gasteiger partial charge in [0.1, 0.15) is 0 Å². The van der Waals surface area contributed by atoms with Crippen molar-refractivity contribution in [3.05, 3.63) is 99.8 Å². The third kappa shape index (κ3) is 5.42. The fourth-order valence-electron chi connectivity index (χ4n) is 4.98. The van der Waals surface area contributed by atoms with Crippen LogP contribution in [0, 0.1) is 13.8 Å². The van der Waals surface area contributed by atoms with E-state index in [9.17, 15) is 8.42 Å². The molecule has 0 fully saturated rings. The van der Waals surface area contributed by atoms with E-state index in [1.54, 1.807) is 12.1 Å². The highest BCUT2D eigenvalue weighted by molar-refractivity contribution is 7.89. The number of rotatable bonds is 7. The van der Waals surface area contributed by atoms with Gasteiger partial charge in [0.2, 0.25) is 0 Å². The molecule has 36 heavy (non-hydrogen) atoms. The van der Waals surface area contributed by atoms with Crippen LogP contribution in [0.15, 0.2) is 71.3 Å². The highest BCUT2D eigenvalue weighted by Gasteiger charge is 2.27. The topological polar surface area (TPSA) is 49.4 Å². The van der Waals surface area contributed by atoms with E-state index in [2.05, 4.69) is 74.6 Å². The van der Waals surface area contributed by atoms with E-state index in [1.165, 1.54) is 38.9 Å². The quantitative estimate of drug-likeness (QED) is 0.392. The van der Waals surface area contributed by atoms with Crippen LogP contribution in [0.2, 0.25) is 0 Å². The van der Waals surface area contributed by atoms with Gasteiger partial charge in [-0.05, 0) is 96.9 Å². The zero-order valence-electron chi connectivity index (χ0n) is 22.5. The molecule has 0 aromatic heterocycles. The van der Waals surface area contributed by atoms with Crippen molar-refractivity contribution in [2.75, 3.05) is 14.1 Å². The molecule has 0 aliphatic heterocycles. The van der Waals surface area contributed by atoms with E-state index in [0.29, 0.717) is 5.92 Å². The lowest BCUT2D eigenvalue weighted by molar-refractivity contribution is 0.402. The second-order valence-corrected chi connectivity index (χ2v) is 12.3. The molecule has 4 nitrogen and oxygen atoms in total. The van der Waals surface area contributed by atoms with E-state index in [1.807, 2.05) is 32.3 Å². The number of hydrogen-bond acceptors (Lipinski definition) is 3. The first-order valence-corrected chi connectivity index (χ1v) is 14.2. The van der Waals surface area contributed by atoms with Crippen LogP contribution in [0.25, 0.3) is 11.1 Å². The second kappa shape index (κ2) is 10.2. The largest absolute Gasteiger partial charge is 0.305 e. The number of nitrogens with zero attached hydrogens (tertiary/aromatic N) is 1. The first kappa shape index (κ1) is 26.2. The first-order chi connectivity index (χ1) is 17.0. The van der Waals surface area contributed by atoms with E-state index < -0.39 is 10.0 Å². The van der Waals surface area contributed by atoms with Crippen LogP contribution in [-0.2, 0) is 23.0 Å². The van der Waals surface area contributed by atoms with E-state index >= 15 is 0 Å². The van der Waals surface area contributed by atoms with Crippen LogP contribution in [0.4, 0.5) is 0 Å². The summed E-state index contributed by atoms with van der Waals surface area (Å²) in [5, 5.41) is 0. The third-order valence-corrected chi connectivity index (χ3v) is 8.62. The van der Waals surface area contributed by atoms with Crippen molar-refractivity contribution in [1.82, 2.24) is 9.62 Å². The van der Waals surface area contributed by atoms with E-state index in [4.69, 9.17) is 0 Å². The average molecular weight is 503 g/mol. The number of nitrogens with one attached hydrogen (secondary N) is 1. The standard InChI is InChI=1S/C31H38N2O2S/c1-20(2)29-17-26(25-11-8-21(3)22(4)16-25)18-30-23(5)31(15-14-28(29)30)32-36(34,35)27-12-9-24(10-13-27)19-33(6)7/h8-13,15-18,20,23,32H,14,19H2,1-7H3. The van der Waals surface area contributed by atoms with Crippen LogP contribution in [0.3, 0.4) is 0 Å². The number of fused-ring (bicyclic) bond motifs is 1. The van der Waals surface area contributed by atoms with Gasteiger partial charge in [0.15, 0.2) is 0 Å². The summed E-state index contributed by atoms with van der Waals surface area (Å²) in [4.78, 5) is 2.35. The Morgan fingerprint density at radius 2 is 1.64 bits per heavy atom. The summed E-state index contributed by atoms with van der Waals surface area (Å²) in [7, 11) is 0.323. The van der Waals surface area contributed by atoms with Crippen molar-refractivity contribution in [2.24, 2.45) is 0 Å². The molecular formula is C31H38N2O2S. The number of benzene rings is 3. The summed E-state index contributed by atoms with van der Waals surface area (Å²) in [5.41, 5.74) is 10.6. The van der Waals surface area contributed by atoms with Gasteiger partial charge < -0.3 is 4.90 Å². The average Bonchev–Trinajstić information content (AvgIpc) is 2.82. The zero-order valence-corrected chi connectivity index (χ0v) is 23.3. The normalized spacial score (nSPS) is 15.7. The summed E-state index contributed by atoms with van der Waals surface area (Å²) in [6.45, 7) is 11.6. The van der Waals surface area contributed by atoms with Gasteiger partial charge in [0.25, 0.3) is 10.0 Å². The Kier molecular flexibility index (Phi) is 7.44. The van der Waals surface area contributed by atoms with Crippen molar-refractivity contribution in [3.8, 4) is 11.1 Å². The Bertz CT molecular complexity index is 1400. The van der Waals surface area contributed by atoms with Crippen molar-refractivity contribution in [2.45, 2.75) is 64.3 Å². The van der Waals surface area contributed by atoms with Gasteiger partial charge in [0.05, 0.1) is 4.90 Å². The van der Waals surface area contributed by atoms with Crippen molar-refractivity contribution in [3.63, 3.8) is 0 Å². The molecule has 0 saturated heterocycles. The maximum absolute atomic E-state index is 13.3. The van der Waals surface area contributed by atoms with Gasteiger partial charge in [-0.25, -0.2) is 8.42 Å². The minimum atomic E-state index is -3.67. The smallest absolute Gasteiger partial charge is 0.261 e. The highest BCUT2D eigenvalue weighted by Crippen LogP contribution is 2.39. The molecule has 0 saturated carbocycles. The van der Waals surface area contributed by atoms with Gasteiger partial charge >= 0.3 is 0 Å². The predicted molar refractivity (Wildman–Crippen MR) is 150 cm³/mol. The Balaban J connectivity index is 1.66. The van der Waals surface area contributed by atoms with Gasteiger partial charge in [-0.3, -0.25) is 4.72 Å². The number of hydrogen-bond donors (Lipinski definition) is 1. The molecule has 3 aromatic carbocycles. The molecule has 190 valence electrons. The fourth-order valence-corrected chi connectivity index (χ4v) is 6.16. The number of aryl methyl sites for hydroxylation is 2. The minimum absolute atomic E-state index is 0.0551. The minimum Gasteiger partial charge on any atom is -0.305 e. The SMILES string of the molecule is Cc1ccc(-c2cc(C(C)C)c3c(c2)C(C)C(NS(=O)(=O)c2ccc(CN(C)C)cc2)=CC3)cc1C. The lowest BCUT2D eigenvalue weighted by Crippen LogP contribution is -2.28. The Morgan fingerprint density at radius 1 is 0.944 bits per heavy atom. The third-order valence-electron chi connectivity index (χ3n) is 7.22.